The normalized spacial score (nSPS) is 13.8. The van der Waals surface area contributed by atoms with Crippen molar-refractivity contribution in [2.75, 3.05) is 11.9 Å². The van der Waals surface area contributed by atoms with Crippen LogP contribution in [0.2, 0.25) is 0 Å². The number of nitrogens with zero attached hydrogens (tertiary/aromatic N) is 4. The Morgan fingerprint density at radius 3 is 2.83 bits per heavy atom. The van der Waals surface area contributed by atoms with Crippen molar-refractivity contribution in [3.63, 3.8) is 0 Å². The first-order valence-corrected chi connectivity index (χ1v) is 11.2. The highest BCUT2D eigenvalue weighted by Gasteiger charge is 2.24. The molecule has 0 saturated heterocycles. The SMILES string of the molecule is Cn1cncc1Cn1cccc(C(=O)NCC=Cc2ccc3c(c2)NC(=O)C3=Cc2cnc[nH]2)c1=O. The number of carbonyl (C=O) groups excluding carboxylic acids is 2. The third kappa shape index (κ3) is 4.64. The number of hydrogen-bond acceptors (Lipinski definition) is 5. The molecule has 2 amide bonds. The van der Waals surface area contributed by atoms with Gasteiger partial charge in [0.15, 0.2) is 0 Å². The first-order valence-electron chi connectivity index (χ1n) is 11.2. The Bertz CT molecular complexity index is 1560. The summed E-state index contributed by atoms with van der Waals surface area (Å²) in [5, 5.41) is 5.63. The molecule has 3 aromatic heterocycles. The molecule has 3 N–H and O–H groups in total. The number of benzene rings is 1. The molecule has 36 heavy (non-hydrogen) atoms. The van der Waals surface area contributed by atoms with Crippen LogP contribution in [0.5, 0.6) is 0 Å². The number of aryl methyl sites for hydroxylation is 1. The van der Waals surface area contributed by atoms with Crippen LogP contribution in [0.1, 0.15) is 32.9 Å². The fourth-order valence-corrected chi connectivity index (χ4v) is 3.95. The van der Waals surface area contributed by atoms with Gasteiger partial charge in [-0.05, 0) is 29.8 Å². The molecule has 0 bridgehead atoms. The topological polar surface area (TPSA) is 127 Å². The number of pyridine rings is 1. The molecular weight excluding hydrogens is 458 g/mol. The number of anilines is 1. The van der Waals surface area contributed by atoms with Gasteiger partial charge in [0.1, 0.15) is 5.56 Å². The molecule has 0 unspecified atom stereocenters. The first-order chi connectivity index (χ1) is 17.5. The Hall–Kier alpha value is -4.99. The fraction of sp³-hybridized carbons (Fsp3) is 0.115. The Morgan fingerprint density at radius 2 is 2.06 bits per heavy atom. The van der Waals surface area contributed by atoms with Crippen molar-refractivity contribution in [2.24, 2.45) is 7.05 Å². The number of aromatic amines is 1. The molecule has 1 aliphatic rings. The van der Waals surface area contributed by atoms with E-state index < -0.39 is 5.91 Å². The molecule has 0 spiro atoms. The summed E-state index contributed by atoms with van der Waals surface area (Å²) in [5.74, 6) is -0.622. The summed E-state index contributed by atoms with van der Waals surface area (Å²) in [4.78, 5) is 48.8. The third-order valence-electron chi connectivity index (χ3n) is 5.85. The van der Waals surface area contributed by atoms with Crippen LogP contribution in [0, 0.1) is 0 Å². The lowest BCUT2D eigenvalue weighted by Gasteiger charge is -2.08. The number of nitrogens with one attached hydrogen (secondary N) is 3. The molecular formula is C26H23N7O3. The van der Waals surface area contributed by atoms with E-state index in [1.54, 1.807) is 49.5 Å². The number of amides is 2. The van der Waals surface area contributed by atoms with E-state index in [1.165, 1.54) is 10.6 Å². The standard InChI is InChI=1S/C26H23N7O3/c1-32-16-28-13-19(32)14-33-9-3-5-21(26(33)36)24(34)29-8-2-4-17-6-7-20-22(11-18-12-27-15-30-18)25(35)31-23(20)10-17/h2-7,9-13,15-16H,8,14H2,1H3,(H,27,30)(H,29,34)(H,31,35). The van der Waals surface area contributed by atoms with Crippen molar-refractivity contribution >= 4 is 35.2 Å². The minimum absolute atomic E-state index is 0.0740. The summed E-state index contributed by atoms with van der Waals surface area (Å²) in [6.45, 7) is 0.563. The maximum atomic E-state index is 12.8. The van der Waals surface area contributed by atoms with E-state index in [-0.39, 0.29) is 23.6 Å². The molecule has 180 valence electrons. The maximum absolute atomic E-state index is 12.8. The Labute approximate surface area is 206 Å². The van der Waals surface area contributed by atoms with Crippen LogP contribution in [0.25, 0.3) is 17.7 Å². The number of H-pyrrole nitrogens is 1. The summed E-state index contributed by atoms with van der Waals surface area (Å²) in [7, 11) is 1.85. The largest absolute Gasteiger partial charge is 0.348 e. The minimum Gasteiger partial charge on any atom is -0.348 e. The number of carbonyl (C=O) groups is 2. The van der Waals surface area contributed by atoms with Crippen LogP contribution in [0.4, 0.5) is 5.69 Å². The molecule has 5 rings (SSSR count). The molecule has 4 heterocycles. The van der Waals surface area contributed by atoms with Gasteiger partial charge >= 0.3 is 0 Å². The maximum Gasteiger partial charge on any atom is 0.263 e. The van der Waals surface area contributed by atoms with Crippen LogP contribution >= 0.6 is 0 Å². The second-order valence-electron chi connectivity index (χ2n) is 8.29. The van der Waals surface area contributed by atoms with Crippen LogP contribution < -0.4 is 16.2 Å². The van der Waals surface area contributed by atoms with Crippen molar-refractivity contribution in [1.82, 2.24) is 29.4 Å². The van der Waals surface area contributed by atoms with E-state index in [0.29, 0.717) is 12.1 Å². The van der Waals surface area contributed by atoms with Crippen LogP contribution in [-0.2, 0) is 18.4 Å². The van der Waals surface area contributed by atoms with Crippen molar-refractivity contribution < 1.29 is 9.59 Å². The molecule has 0 atom stereocenters. The lowest BCUT2D eigenvalue weighted by molar-refractivity contribution is -0.110. The van der Waals surface area contributed by atoms with E-state index in [9.17, 15) is 14.4 Å². The molecule has 1 aliphatic heterocycles. The smallest absolute Gasteiger partial charge is 0.263 e. The van der Waals surface area contributed by atoms with E-state index in [0.717, 1.165) is 28.2 Å². The van der Waals surface area contributed by atoms with Gasteiger partial charge in [0.05, 0.1) is 42.4 Å². The average molecular weight is 482 g/mol. The predicted molar refractivity (Wildman–Crippen MR) is 136 cm³/mol. The number of imidazole rings is 2. The van der Waals surface area contributed by atoms with Crippen LogP contribution in [-0.4, -0.2) is 42.4 Å². The summed E-state index contributed by atoms with van der Waals surface area (Å²) in [5.41, 5.74) is 4.26. The lowest BCUT2D eigenvalue weighted by Crippen LogP contribution is -2.33. The zero-order chi connectivity index (χ0) is 25.1. The van der Waals surface area contributed by atoms with Gasteiger partial charge < -0.3 is 24.8 Å². The summed E-state index contributed by atoms with van der Waals surface area (Å²) < 4.78 is 3.31. The van der Waals surface area contributed by atoms with Gasteiger partial charge in [-0.1, -0.05) is 24.3 Å². The zero-order valence-electron chi connectivity index (χ0n) is 19.4. The van der Waals surface area contributed by atoms with Crippen molar-refractivity contribution in [3.8, 4) is 0 Å². The van der Waals surface area contributed by atoms with E-state index >= 15 is 0 Å². The summed E-state index contributed by atoms with van der Waals surface area (Å²) in [6.07, 6.45) is 13.6. The number of hydrogen-bond donors (Lipinski definition) is 3. The van der Waals surface area contributed by atoms with Crippen molar-refractivity contribution in [1.29, 1.82) is 0 Å². The number of aromatic nitrogens is 5. The Morgan fingerprint density at radius 1 is 1.17 bits per heavy atom. The highest BCUT2D eigenvalue weighted by molar-refractivity contribution is 6.34. The highest BCUT2D eigenvalue weighted by atomic mass is 16.2. The average Bonchev–Trinajstić information content (AvgIpc) is 3.60. The highest BCUT2D eigenvalue weighted by Crippen LogP contribution is 2.33. The van der Waals surface area contributed by atoms with Crippen LogP contribution in [0.3, 0.4) is 0 Å². The van der Waals surface area contributed by atoms with Gasteiger partial charge in [-0.25, -0.2) is 9.97 Å². The van der Waals surface area contributed by atoms with Gasteiger partial charge in [0.25, 0.3) is 17.4 Å². The van der Waals surface area contributed by atoms with Gasteiger partial charge in [0, 0.05) is 37.2 Å². The van der Waals surface area contributed by atoms with Crippen molar-refractivity contribution in [2.45, 2.75) is 6.54 Å². The van der Waals surface area contributed by atoms with Crippen LogP contribution in [0.15, 0.2) is 72.4 Å². The second kappa shape index (κ2) is 9.71. The van der Waals surface area contributed by atoms with Gasteiger partial charge in [-0.3, -0.25) is 14.4 Å². The molecule has 0 saturated carbocycles. The molecule has 10 heteroatoms. The van der Waals surface area contributed by atoms with E-state index in [1.807, 2.05) is 35.9 Å². The molecule has 0 radical (unpaired) electrons. The van der Waals surface area contributed by atoms with Gasteiger partial charge in [-0.2, -0.15) is 0 Å². The minimum atomic E-state index is -0.446. The summed E-state index contributed by atoms with van der Waals surface area (Å²) in [6, 6.07) is 8.83. The molecule has 10 nitrogen and oxygen atoms in total. The Balaban J connectivity index is 1.23. The number of rotatable bonds is 7. The van der Waals surface area contributed by atoms with Gasteiger partial charge in [0.2, 0.25) is 0 Å². The fourth-order valence-electron chi connectivity index (χ4n) is 3.95. The quantitative estimate of drug-likeness (QED) is 0.349. The van der Waals surface area contributed by atoms with Gasteiger partial charge in [-0.15, -0.1) is 0 Å². The van der Waals surface area contributed by atoms with E-state index in [2.05, 4.69) is 25.6 Å². The molecule has 4 aromatic rings. The molecule has 1 aromatic carbocycles. The monoisotopic (exact) mass is 481 g/mol. The molecule has 0 fully saturated rings. The first kappa shape index (κ1) is 22.8. The van der Waals surface area contributed by atoms with Crippen molar-refractivity contribution in [3.05, 3.63) is 106 Å². The zero-order valence-corrected chi connectivity index (χ0v) is 19.4. The summed E-state index contributed by atoms with van der Waals surface area (Å²) >= 11 is 0. The predicted octanol–water partition coefficient (Wildman–Crippen LogP) is 2.29. The van der Waals surface area contributed by atoms with E-state index in [4.69, 9.17) is 0 Å². The molecule has 0 aliphatic carbocycles. The number of fused-ring (bicyclic) bond motifs is 1. The third-order valence-corrected chi connectivity index (χ3v) is 5.85. The lowest BCUT2D eigenvalue weighted by atomic mass is 10.0. The Kier molecular flexibility index (Phi) is 6.14. The second-order valence-corrected chi connectivity index (χ2v) is 8.29.